The molecule has 8 heteroatoms. The lowest BCUT2D eigenvalue weighted by Gasteiger charge is -2.09. The largest absolute Gasteiger partial charge is 0.489 e. The molecule has 4 aromatic rings. The fourth-order valence-electron chi connectivity index (χ4n) is 2.83. The van der Waals surface area contributed by atoms with E-state index in [4.69, 9.17) is 20.9 Å². The number of rotatable bonds is 8. The number of aryl methyl sites for hydroxylation is 1. The van der Waals surface area contributed by atoms with Crippen LogP contribution in [0.4, 0.5) is 5.69 Å². The topological polar surface area (TPSA) is 90.1 Å². The Morgan fingerprint density at radius 3 is 2.58 bits per heavy atom. The molecule has 0 aliphatic rings. The van der Waals surface area contributed by atoms with Crippen LogP contribution in [0.1, 0.15) is 17.9 Å². The van der Waals surface area contributed by atoms with Crippen molar-refractivity contribution in [2.75, 3.05) is 5.32 Å². The van der Waals surface area contributed by atoms with Crippen LogP contribution in [-0.4, -0.2) is 21.0 Å². The van der Waals surface area contributed by atoms with E-state index in [9.17, 15) is 4.79 Å². The summed E-state index contributed by atoms with van der Waals surface area (Å²) in [4.78, 5) is 20.5. The van der Waals surface area contributed by atoms with Crippen molar-refractivity contribution in [3.8, 4) is 17.1 Å². The van der Waals surface area contributed by atoms with Crippen LogP contribution in [0.2, 0.25) is 5.02 Å². The molecule has 0 unspecified atom stereocenters. The normalized spacial score (nSPS) is 10.6. The van der Waals surface area contributed by atoms with Crippen molar-refractivity contribution in [2.24, 2.45) is 0 Å². The summed E-state index contributed by atoms with van der Waals surface area (Å²) in [6.07, 6.45) is 3.89. The minimum absolute atomic E-state index is 0.145. The molecule has 0 radical (unpaired) electrons. The molecule has 1 amide bonds. The number of nitrogens with one attached hydrogen (secondary N) is 1. The van der Waals surface area contributed by atoms with Crippen LogP contribution in [0.3, 0.4) is 0 Å². The van der Waals surface area contributed by atoms with E-state index in [1.807, 2.05) is 24.3 Å². The van der Waals surface area contributed by atoms with Gasteiger partial charge >= 0.3 is 0 Å². The molecule has 2 aromatic carbocycles. The zero-order valence-electron chi connectivity index (χ0n) is 16.5. The standard InChI is InChI=1S/C23H19ClN4O3/c24-20-4-2-1-3-17(20)15-30-19-7-5-18(6-8-19)26-21(29)9-10-22-27-23(28-31-22)16-11-13-25-14-12-16/h1-8,11-14H,9-10,15H2,(H,26,29). The summed E-state index contributed by atoms with van der Waals surface area (Å²) in [6, 6.07) is 18.3. The molecule has 2 heterocycles. The molecule has 0 saturated carbocycles. The summed E-state index contributed by atoms with van der Waals surface area (Å²) >= 11 is 6.13. The first-order chi connectivity index (χ1) is 15.2. The van der Waals surface area contributed by atoms with Gasteiger partial charge in [-0.2, -0.15) is 4.98 Å². The fraction of sp³-hybridized carbons (Fsp3) is 0.130. The summed E-state index contributed by atoms with van der Waals surface area (Å²) < 4.78 is 11.0. The van der Waals surface area contributed by atoms with E-state index in [1.165, 1.54) is 0 Å². The van der Waals surface area contributed by atoms with Gasteiger partial charge in [0.15, 0.2) is 0 Å². The highest BCUT2D eigenvalue weighted by Gasteiger charge is 2.11. The van der Waals surface area contributed by atoms with E-state index in [0.717, 1.165) is 11.1 Å². The fourth-order valence-corrected chi connectivity index (χ4v) is 3.02. The molecule has 0 aliphatic heterocycles. The van der Waals surface area contributed by atoms with Crippen molar-refractivity contribution in [1.82, 2.24) is 15.1 Å². The first kappa shape index (κ1) is 20.6. The maximum absolute atomic E-state index is 12.2. The number of hydrogen-bond acceptors (Lipinski definition) is 6. The Morgan fingerprint density at radius 1 is 1.03 bits per heavy atom. The maximum atomic E-state index is 12.2. The monoisotopic (exact) mass is 434 g/mol. The average molecular weight is 435 g/mol. The predicted molar refractivity (Wildman–Crippen MR) is 117 cm³/mol. The van der Waals surface area contributed by atoms with E-state index < -0.39 is 0 Å². The highest BCUT2D eigenvalue weighted by atomic mass is 35.5. The average Bonchev–Trinajstić information content (AvgIpc) is 3.28. The van der Waals surface area contributed by atoms with Gasteiger partial charge in [0.1, 0.15) is 12.4 Å². The van der Waals surface area contributed by atoms with Gasteiger partial charge in [-0.1, -0.05) is 35.0 Å². The van der Waals surface area contributed by atoms with Gasteiger partial charge in [0.05, 0.1) is 0 Å². The van der Waals surface area contributed by atoms with Gasteiger partial charge in [0, 0.05) is 47.1 Å². The van der Waals surface area contributed by atoms with Crippen molar-refractivity contribution in [1.29, 1.82) is 0 Å². The quantitative estimate of drug-likeness (QED) is 0.422. The number of carbonyl (C=O) groups excluding carboxylic acids is 1. The molecular formula is C23H19ClN4O3. The zero-order chi connectivity index (χ0) is 21.5. The Kier molecular flexibility index (Phi) is 6.54. The van der Waals surface area contributed by atoms with E-state index in [1.54, 1.807) is 48.8 Å². The number of benzene rings is 2. The summed E-state index contributed by atoms with van der Waals surface area (Å²) in [5.41, 5.74) is 2.40. The number of aromatic nitrogens is 3. The van der Waals surface area contributed by atoms with Crippen LogP contribution >= 0.6 is 11.6 Å². The Balaban J connectivity index is 1.25. The van der Waals surface area contributed by atoms with Crippen LogP contribution in [0.5, 0.6) is 5.75 Å². The van der Waals surface area contributed by atoms with Crippen LogP contribution < -0.4 is 10.1 Å². The first-order valence-electron chi connectivity index (χ1n) is 9.66. The summed E-state index contributed by atoms with van der Waals surface area (Å²) in [7, 11) is 0. The summed E-state index contributed by atoms with van der Waals surface area (Å²) in [6.45, 7) is 0.372. The van der Waals surface area contributed by atoms with Crippen molar-refractivity contribution in [3.63, 3.8) is 0 Å². The number of pyridine rings is 1. The number of anilines is 1. The second-order valence-corrected chi connectivity index (χ2v) is 7.11. The highest BCUT2D eigenvalue weighted by Crippen LogP contribution is 2.20. The zero-order valence-corrected chi connectivity index (χ0v) is 17.2. The summed E-state index contributed by atoms with van der Waals surface area (Å²) in [5.74, 6) is 1.43. The Labute approximate surface area is 184 Å². The number of nitrogens with zero attached hydrogens (tertiary/aromatic N) is 3. The molecule has 156 valence electrons. The SMILES string of the molecule is O=C(CCc1nc(-c2ccncc2)no1)Nc1ccc(OCc2ccccc2Cl)cc1. The first-order valence-corrected chi connectivity index (χ1v) is 10.0. The molecule has 0 aliphatic carbocycles. The molecule has 7 nitrogen and oxygen atoms in total. The van der Waals surface area contributed by atoms with E-state index in [0.29, 0.717) is 41.2 Å². The third-order valence-corrected chi connectivity index (χ3v) is 4.83. The lowest BCUT2D eigenvalue weighted by Crippen LogP contribution is -2.12. The van der Waals surface area contributed by atoms with Gasteiger partial charge in [-0.3, -0.25) is 9.78 Å². The third-order valence-electron chi connectivity index (χ3n) is 4.46. The van der Waals surface area contributed by atoms with E-state index in [2.05, 4.69) is 20.4 Å². The second-order valence-electron chi connectivity index (χ2n) is 6.70. The molecule has 4 rings (SSSR count). The van der Waals surface area contributed by atoms with E-state index >= 15 is 0 Å². The molecule has 0 bridgehead atoms. The smallest absolute Gasteiger partial charge is 0.227 e. The molecule has 1 N–H and O–H groups in total. The van der Waals surface area contributed by atoms with Crippen molar-refractivity contribution in [3.05, 3.63) is 89.5 Å². The third kappa shape index (κ3) is 5.67. The molecule has 31 heavy (non-hydrogen) atoms. The lowest BCUT2D eigenvalue weighted by molar-refractivity contribution is -0.116. The highest BCUT2D eigenvalue weighted by molar-refractivity contribution is 6.31. The molecule has 2 aromatic heterocycles. The number of amides is 1. The molecule has 0 atom stereocenters. The van der Waals surface area contributed by atoms with E-state index in [-0.39, 0.29) is 12.3 Å². The molecule has 0 saturated heterocycles. The Hall–Kier alpha value is -3.71. The number of hydrogen-bond donors (Lipinski definition) is 1. The number of carbonyl (C=O) groups is 1. The van der Waals surface area contributed by atoms with Gasteiger partial charge in [-0.25, -0.2) is 0 Å². The van der Waals surface area contributed by atoms with Crippen LogP contribution in [0.15, 0.2) is 77.6 Å². The van der Waals surface area contributed by atoms with Gasteiger partial charge in [0.25, 0.3) is 0 Å². The minimum Gasteiger partial charge on any atom is -0.489 e. The van der Waals surface area contributed by atoms with Crippen LogP contribution in [0.25, 0.3) is 11.4 Å². The Bertz CT molecular complexity index is 1150. The van der Waals surface area contributed by atoms with Gasteiger partial charge in [-0.15, -0.1) is 0 Å². The lowest BCUT2D eigenvalue weighted by atomic mass is 10.2. The second kappa shape index (κ2) is 9.86. The predicted octanol–water partition coefficient (Wildman–Crippen LogP) is 4.94. The molecular weight excluding hydrogens is 416 g/mol. The van der Waals surface area contributed by atoms with Crippen LogP contribution in [0, 0.1) is 0 Å². The minimum atomic E-state index is -0.145. The van der Waals surface area contributed by atoms with Crippen molar-refractivity contribution in [2.45, 2.75) is 19.4 Å². The molecule has 0 spiro atoms. The van der Waals surface area contributed by atoms with Crippen LogP contribution in [-0.2, 0) is 17.8 Å². The van der Waals surface area contributed by atoms with Gasteiger partial charge in [-0.05, 0) is 42.5 Å². The van der Waals surface area contributed by atoms with Crippen molar-refractivity contribution >= 4 is 23.2 Å². The summed E-state index contributed by atoms with van der Waals surface area (Å²) in [5, 5.41) is 7.45. The Morgan fingerprint density at radius 2 is 1.81 bits per heavy atom. The maximum Gasteiger partial charge on any atom is 0.227 e. The molecule has 0 fully saturated rings. The van der Waals surface area contributed by atoms with Gasteiger partial charge in [0.2, 0.25) is 17.6 Å². The number of ether oxygens (including phenoxy) is 1. The van der Waals surface area contributed by atoms with Gasteiger partial charge < -0.3 is 14.6 Å². The van der Waals surface area contributed by atoms with Crippen molar-refractivity contribution < 1.29 is 14.1 Å². The number of halogens is 1.